The molecule has 0 aliphatic rings. The quantitative estimate of drug-likeness (QED) is 0.872. The van der Waals surface area contributed by atoms with Crippen molar-refractivity contribution in [3.8, 4) is 0 Å². The van der Waals surface area contributed by atoms with E-state index in [-0.39, 0.29) is 12.4 Å². The van der Waals surface area contributed by atoms with Crippen LogP contribution in [0.15, 0.2) is 37.2 Å². The summed E-state index contributed by atoms with van der Waals surface area (Å²) in [5.41, 5.74) is 1.19. The lowest BCUT2D eigenvalue weighted by Crippen LogP contribution is -2.30. The standard InChI is InChI=1S/C11H15N5.ClH/c1-10(7-16-9-13-8-15-16)14-6-11-3-2-4-12-5-11;/h2-5,8-10,14H,6-7H2,1H3;1H. The summed E-state index contributed by atoms with van der Waals surface area (Å²) >= 11 is 0. The van der Waals surface area contributed by atoms with Gasteiger partial charge in [-0.25, -0.2) is 4.98 Å². The van der Waals surface area contributed by atoms with Gasteiger partial charge in [-0.3, -0.25) is 9.67 Å². The van der Waals surface area contributed by atoms with Crippen molar-refractivity contribution in [3.05, 3.63) is 42.7 Å². The van der Waals surface area contributed by atoms with Crippen LogP contribution >= 0.6 is 12.4 Å². The molecule has 0 bridgehead atoms. The smallest absolute Gasteiger partial charge is 0.137 e. The van der Waals surface area contributed by atoms with Gasteiger partial charge >= 0.3 is 0 Å². The molecular formula is C11H16ClN5. The molecule has 0 aromatic carbocycles. The maximum absolute atomic E-state index is 4.07. The van der Waals surface area contributed by atoms with Crippen LogP contribution in [0.25, 0.3) is 0 Å². The molecule has 0 saturated carbocycles. The largest absolute Gasteiger partial charge is 0.308 e. The third-order valence-corrected chi connectivity index (χ3v) is 2.30. The Balaban J connectivity index is 0.00000144. The van der Waals surface area contributed by atoms with E-state index in [1.807, 2.05) is 16.9 Å². The third kappa shape index (κ3) is 4.50. The second-order valence-corrected chi connectivity index (χ2v) is 3.76. The van der Waals surface area contributed by atoms with Crippen LogP contribution in [0.1, 0.15) is 12.5 Å². The maximum Gasteiger partial charge on any atom is 0.137 e. The summed E-state index contributed by atoms with van der Waals surface area (Å²) in [4.78, 5) is 7.98. The third-order valence-electron chi connectivity index (χ3n) is 2.30. The van der Waals surface area contributed by atoms with Crippen molar-refractivity contribution in [3.63, 3.8) is 0 Å². The molecule has 0 aliphatic carbocycles. The first-order valence-electron chi connectivity index (χ1n) is 5.29. The van der Waals surface area contributed by atoms with Gasteiger partial charge in [-0.2, -0.15) is 5.10 Å². The van der Waals surface area contributed by atoms with Gasteiger partial charge in [-0.15, -0.1) is 12.4 Å². The van der Waals surface area contributed by atoms with Crippen LogP contribution in [0.2, 0.25) is 0 Å². The Bertz CT molecular complexity index is 403. The number of nitrogens with zero attached hydrogens (tertiary/aromatic N) is 4. The van der Waals surface area contributed by atoms with Crippen molar-refractivity contribution in [2.24, 2.45) is 0 Å². The summed E-state index contributed by atoms with van der Waals surface area (Å²) in [6.07, 6.45) is 6.92. The van der Waals surface area contributed by atoms with Gasteiger partial charge < -0.3 is 5.32 Å². The van der Waals surface area contributed by atoms with E-state index >= 15 is 0 Å². The first-order valence-corrected chi connectivity index (χ1v) is 5.29. The molecule has 2 heterocycles. The minimum atomic E-state index is 0. The first kappa shape index (κ1) is 13.6. The zero-order valence-electron chi connectivity index (χ0n) is 9.65. The molecule has 0 saturated heterocycles. The highest BCUT2D eigenvalue weighted by molar-refractivity contribution is 5.85. The van der Waals surface area contributed by atoms with Crippen molar-refractivity contribution in [2.75, 3.05) is 0 Å². The van der Waals surface area contributed by atoms with E-state index in [0.29, 0.717) is 6.04 Å². The number of aromatic nitrogens is 4. The molecule has 5 nitrogen and oxygen atoms in total. The van der Waals surface area contributed by atoms with Gasteiger partial charge in [0.05, 0.1) is 6.54 Å². The maximum atomic E-state index is 4.07. The van der Waals surface area contributed by atoms with Crippen LogP contribution in [0.4, 0.5) is 0 Å². The molecule has 0 aliphatic heterocycles. The van der Waals surface area contributed by atoms with Gasteiger partial charge in [0.25, 0.3) is 0 Å². The van der Waals surface area contributed by atoms with Crippen molar-refractivity contribution in [2.45, 2.75) is 26.1 Å². The predicted octanol–water partition coefficient (Wildman–Crippen LogP) is 1.27. The molecular weight excluding hydrogens is 238 g/mol. The fourth-order valence-electron chi connectivity index (χ4n) is 1.47. The average molecular weight is 254 g/mol. The molecule has 0 fully saturated rings. The van der Waals surface area contributed by atoms with Crippen molar-refractivity contribution in [1.29, 1.82) is 0 Å². The van der Waals surface area contributed by atoms with Crippen LogP contribution in [0.3, 0.4) is 0 Å². The second-order valence-electron chi connectivity index (χ2n) is 3.76. The molecule has 2 aromatic heterocycles. The van der Waals surface area contributed by atoms with E-state index in [9.17, 15) is 0 Å². The summed E-state index contributed by atoms with van der Waals surface area (Å²) in [7, 11) is 0. The Morgan fingerprint density at radius 3 is 2.94 bits per heavy atom. The SMILES string of the molecule is CC(Cn1cncn1)NCc1cccnc1.Cl. The zero-order valence-corrected chi connectivity index (χ0v) is 10.5. The molecule has 1 unspecified atom stereocenters. The number of hydrogen-bond donors (Lipinski definition) is 1. The summed E-state index contributed by atoms with van der Waals surface area (Å²) in [6, 6.07) is 4.35. The lowest BCUT2D eigenvalue weighted by molar-refractivity contribution is 0.450. The minimum Gasteiger partial charge on any atom is -0.308 e. The van der Waals surface area contributed by atoms with E-state index in [0.717, 1.165) is 13.1 Å². The fourth-order valence-corrected chi connectivity index (χ4v) is 1.47. The lowest BCUT2D eigenvalue weighted by atomic mass is 10.2. The number of pyridine rings is 1. The molecule has 17 heavy (non-hydrogen) atoms. The van der Waals surface area contributed by atoms with Gasteiger partial charge in [-0.1, -0.05) is 6.07 Å². The topological polar surface area (TPSA) is 55.6 Å². The Kier molecular flexibility index (Phi) is 5.59. The van der Waals surface area contributed by atoms with Crippen LogP contribution in [-0.2, 0) is 13.1 Å². The van der Waals surface area contributed by atoms with Crippen LogP contribution in [-0.4, -0.2) is 25.8 Å². The molecule has 1 N–H and O–H groups in total. The predicted molar refractivity (Wildman–Crippen MR) is 67.8 cm³/mol. The van der Waals surface area contributed by atoms with Crippen molar-refractivity contribution in [1.82, 2.24) is 25.1 Å². The Labute approximate surface area is 107 Å². The van der Waals surface area contributed by atoms with E-state index in [1.165, 1.54) is 5.56 Å². The number of nitrogens with one attached hydrogen (secondary N) is 1. The molecule has 92 valence electrons. The van der Waals surface area contributed by atoms with Crippen LogP contribution in [0, 0.1) is 0 Å². The lowest BCUT2D eigenvalue weighted by Gasteiger charge is -2.13. The van der Waals surface area contributed by atoms with E-state index in [4.69, 9.17) is 0 Å². The zero-order chi connectivity index (χ0) is 11.2. The molecule has 0 spiro atoms. The van der Waals surface area contributed by atoms with Gasteiger partial charge in [0.1, 0.15) is 12.7 Å². The Hall–Kier alpha value is -1.46. The van der Waals surface area contributed by atoms with Gasteiger partial charge in [0, 0.05) is 25.0 Å². The minimum absolute atomic E-state index is 0. The van der Waals surface area contributed by atoms with Crippen LogP contribution in [0.5, 0.6) is 0 Å². The number of hydrogen-bond acceptors (Lipinski definition) is 4. The Morgan fingerprint density at radius 2 is 2.29 bits per heavy atom. The molecule has 2 aromatic rings. The highest BCUT2D eigenvalue weighted by Gasteiger charge is 2.02. The average Bonchev–Trinajstić information content (AvgIpc) is 2.81. The summed E-state index contributed by atoms with van der Waals surface area (Å²) in [5.74, 6) is 0. The van der Waals surface area contributed by atoms with E-state index in [2.05, 4.69) is 33.4 Å². The summed E-state index contributed by atoms with van der Waals surface area (Å²) in [6.45, 7) is 3.77. The highest BCUT2D eigenvalue weighted by atomic mass is 35.5. The fraction of sp³-hybridized carbons (Fsp3) is 0.364. The van der Waals surface area contributed by atoms with Gasteiger partial charge in [0.15, 0.2) is 0 Å². The Morgan fingerprint density at radius 1 is 1.41 bits per heavy atom. The molecule has 1 atom stereocenters. The van der Waals surface area contributed by atoms with Gasteiger partial charge in [-0.05, 0) is 18.6 Å². The number of rotatable bonds is 5. The summed E-state index contributed by atoms with van der Waals surface area (Å²) < 4.78 is 1.82. The molecule has 0 radical (unpaired) electrons. The van der Waals surface area contributed by atoms with Crippen molar-refractivity contribution < 1.29 is 0 Å². The molecule has 0 amide bonds. The van der Waals surface area contributed by atoms with Crippen LogP contribution < -0.4 is 5.32 Å². The molecule has 6 heteroatoms. The first-order chi connectivity index (χ1) is 7.84. The highest BCUT2D eigenvalue weighted by Crippen LogP contribution is 1.96. The van der Waals surface area contributed by atoms with E-state index < -0.39 is 0 Å². The van der Waals surface area contributed by atoms with E-state index in [1.54, 1.807) is 18.9 Å². The van der Waals surface area contributed by atoms with Crippen molar-refractivity contribution >= 4 is 12.4 Å². The number of halogens is 1. The molecule has 2 rings (SSSR count). The van der Waals surface area contributed by atoms with Gasteiger partial charge in [0.2, 0.25) is 0 Å². The second kappa shape index (κ2) is 6.98. The summed E-state index contributed by atoms with van der Waals surface area (Å²) in [5, 5.41) is 7.47. The monoisotopic (exact) mass is 253 g/mol. The normalized spacial score (nSPS) is 11.8.